The molecule has 0 nitrogen and oxygen atoms in total. The zero-order valence-electron chi connectivity index (χ0n) is 47.6. The molecule has 0 unspecified atom stereocenters. The monoisotopic (exact) mass is 1040 g/mol. The molecule has 0 aromatic heterocycles. The molecule has 0 N–H and O–H groups in total. The van der Waals surface area contributed by atoms with E-state index in [0.29, 0.717) is 33.2 Å². The normalized spacial score (nSPS) is 12.1. The standard InChI is InChI=1S/C76H70Si2/c1-49(2)77(50(3)4,51(5)6)39-37-67-73-45-61-25-17-13-21-57(61)41-69(73)65(70-42-58-22-14-18-26-62(58)46-74(67)70)35-33-55-29-31-56(32-30-55)34-36-66-71-43-59-23-15-19-27-63(59)47-75(71)68(38-40-78(52(7)8,53(9)10)54(11)12)76-48-64-28-20-16-24-60(64)44-72(66)76/h13-32,41-54H,1-12H3. The SMILES string of the molecule is CC(C)[Si](C#Cc1c2cc3ccccc3cc2c(C#Cc2ccc(C#Cc3c4cc5ccccc5cc4c(C#C[Si](C(C)C)(C(C)C)C(C)C)c4cc5ccccc5cc34)cc2)c2cc3ccccc3cc12)(C(C)C)C(C)C. The van der Waals surface area contributed by atoms with Crippen LogP contribution < -0.4 is 0 Å². The molecular formula is C76H70Si2. The third-order valence-electron chi connectivity index (χ3n) is 17.8. The van der Waals surface area contributed by atoms with Gasteiger partial charge in [0.25, 0.3) is 0 Å². The van der Waals surface area contributed by atoms with E-state index in [4.69, 9.17) is 0 Å². The molecule has 0 atom stereocenters. The lowest BCUT2D eigenvalue weighted by Crippen LogP contribution is -2.43. The number of hydrogen-bond acceptors (Lipinski definition) is 0. The maximum absolute atomic E-state index is 4.12. The summed E-state index contributed by atoms with van der Waals surface area (Å²) in [5.74, 6) is 22.8. The van der Waals surface area contributed by atoms with E-state index in [2.05, 4.69) is 300 Å². The van der Waals surface area contributed by atoms with Gasteiger partial charge in [0.15, 0.2) is 0 Å². The predicted molar refractivity (Wildman–Crippen MR) is 347 cm³/mol. The molecule has 0 aliphatic heterocycles. The highest BCUT2D eigenvalue weighted by molar-refractivity contribution is 6.91. The van der Waals surface area contributed by atoms with Crippen molar-refractivity contribution in [3.05, 3.63) is 203 Å². The van der Waals surface area contributed by atoms with Gasteiger partial charge in [0.05, 0.1) is 0 Å². The zero-order valence-corrected chi connectivity index (χ0v) is 49.6. The second-order valence-electron chi connectivity index (χ2n) is 23.9. The second-order valence-corrected chi connectivity index (χ2v) is 35.0. The van der Waals surface area contributed by atoms with Gasteiger partial charge in [-0.05, 0) is 192 Å². The summed E-state index contributed by atoms with van der Waals surface area (Å²) < 4.78 is 0. The van der Waals surface area contributed by atoms with Gasteiger partial charge in [-0.3, -0.25) is 0 Å². The summed E-state index contributed by atoms with van der Waals surface area (Å²) in [7, 11) is -4.13. The van der Waals surface area contributed by atoms with Crippen LogP contribution in [0.25, 0.3) is 86.2 Å². The minimum atomic E-state index is -2.06. The first-order valence-electron chi connectivity index (χ1n) is 28.4. The Morgan fingerprint density at radius 2 is 0.410 bits per heavy atom. The fourth-order valence-corrected chi connectivity index (χ4v) is 24.3. The molecule has 0 amide bonds. The summed E-state index contributed by atoms with van der Waals surface area (Å²) >= 11 is 0. The van der Waals surface area contributed by atoms with Crippen LogP contribution in [0.2, 0.25) is 33.2 Å². The second kappa shape index (κ2) is 20.9. The van der Waals surface area contributed by atoms with Crippen LogP contribution in [-0.2, 0) is 0 Å². The van der Waals surface area contributed by atoms with E-state index in [9.17, 15) is 0 Å². The summed E-state index contributed by atoms with van der Waals surface area (Å²) in [6, 6.07) is 62.2. The first kappa shape index (κ1) is 52.2. The Bertz CT molecular complexity index is 3950. The molecule has 0 aliphatic carbocycles. The van der Waals surface area contributed by atoms with Gasteiger partial charge in [0.1, 0.15) is 16.1 Å². The van der Waals surface area contributed by atoms with Crippen LogP contribution in [0.5, 0.6) is 0 Å². The number of rotatable bonds is 6. The van der Waals surface area contributed by atoms with Crippen molar-refractivity contribution >= 4 is 102 Å². The predicted octanol–water partition coefficient (Wildman–Crippen LogP) is 20.9. The first-order chi connectivity index (χ1) is 37.6. The van der Waals surface area contributed by atoms with Gasteiger partial charge >= 0.3 is 0 Å². The molecule has 0 fully saturated rings. The van der Waals surface area contributed by atoms with Gasteiger partial charge < -0.3 is 0 Å². The molecule has 0 spiro atoms. The summed E-state index contributed by atoms with van der Waals surface area (Å²) in [6.45, 7) is 28.8. The maximum atomic E-state index is 4.12. The zero-order chi connectivity index (χ0) is 54.6. The third kappa shape index (κ3) is 9.07. The van der Waals surface area contributed by atoms with Crippen molar-refractivity contribution in [3.8, 4) is 46.6 Å². The van der Waals surface area contributed by atoms with Crippen molar-refractivity contribution in [1.82, 2.24) is 0 Å². The number of fused-ring (bicyclic) bond motifs is 8. The average Bonchev–Trinajstić information content (AvgIpc) is 3.62. The lowest BCUT2D eigenvalue weighted by atomic mass is 9.88. The molecule has 0 bridgehead atoms. The van der Waals surface area contributed by atoms with Crippen LogP contribution >= 0.6 is 0 Å². The van der Waals surface area contributed by atoms with E-state index >= 15 is 0 Å². The van der Waals surface area contributed by atoms with Gasteiger partial charge in [-0.2, -0.15) is 0 Å². The highest BCUT2D eigenvalue weighted by atomic mass is 28.3. The maximum Gasteiger partial charge on any atom is 0.146 e. The van der Waals surface area contributed by atoms with Gasteiger partial charge in [-0.25, -0.2) is 0 Å². The summed E-state index contributed by atoms with van der Waals surface area (Å²) in [5, 5.41) is 18.8. The Morgan fingerprint density at radius 1 is 0.231 bits per heavy atom. The van der Waals surface area contributed by atoms with E-state index in [1.807, 2.05) is 0 Å². The smallest absolute Gasteiger partial charge is 0.125 e. The molecule has 11 aromatic rings. The van der Waals surface area contributed by atoms with Gasteiger partial charge in [-0.15, -0.1) is 11.1 Å². The van der Waals surface area contributed by atoms with Crippen molar-refractivity contribution < 1.29 is 0 Å². The highest BCUT2D eigenvalue weighted by Gasteiger charge is 2.43. The molecule has 0 saturated heterocycles. The molecule has 78 heavy (non-hydrogen) atoms. The van der Waals surface area contributed by atoms with Crippen molar-refractivity contribution in [3.63, 3.8) is 0 Å². The van der Waals surface area contributed by atoms with Gasteiger partial charge in [0, 0.05) is 33.4 Å². The highest BCUT2D eigenvalue weighted by Crippen LogP contribution is 2.44. The Hall–Kier alpha value is -7.83. The minimum absolute atomic E-state index is 0.524. The van der Waals surface area contributed by atoms with Gasteiger partial charge in [-0.1, -0.05) is 216 Å². The van der Waals surface area contributed by atoms with E-state index < -0.39 is 16.1 Å². The Morgan fingerprint density at radius 3 is 0.590 bits per heavy atom. The van der Waals surface area contributed by atoms with Crippen LogP contribution in [0, 0.1) is 46.6 Å². The Balaban J connectivity index is 1.08. The van der Waals surface area contributed by atoms with Crippen LogP contribution in [0.4, 0.5) is 0 Å². The Labute approximate surface area is 465 Å². The van der Waals surface area contributed by atoms with Crippen LogP contribution in [0.15, 0.2) is 170 Å². The Kier molecular flexibility index (Phi) is 14.0. The number of hydrogen-bond donors (Lipinski definition) is 0. The quantitative estimate of drug-likeness (QED) is 0.0884. The summed E-state index contributed by atoms with van der Waals surface area (Å²) in [4.78, 5) is 0. The van der Waals surface area contributed by atoms with E-state index in [-0.39, 0.29) is 0 Å². The molecule has 0 heterocycles. The van der Waals surface area contributed by atoms with Crippen LogP contribution in [0.1, 0.15) is 116 Å². The number of benzene rings is 11. The third-order valence-corrected chi connectivity index (χ3v) is 30.4. The first-order valence-corrected chi connectivity index (χ1v) is 32.9. The van der Waals surface area contributed by atoms with Crippen molar-refractivity contribution in [2.45, 2.75) is 116 Å². The average molecular weight is 1040 g/mol. The summed E-state index contributed by atoms with van der Waals surface area (Å²) in [6.07, 6.45) is 0. The van der Waals surface area contributed by atoms with Gasteiger partial charge in [0.2, 0.25) is 0 Å². The van der Waals surface area contributed by atoms with Crippen molar-refractivity contribution in [1.29, 1.82) is 0 Å². The van der Waals surface area contributed by atoms with Crippen LogP contribution in [-0.4, -0.2) is 16.1 Å². The summed E-state index contributed by atoms with van der Waals surface area (Å²) in [5.41, 5.74) is 17.6. The van der Waals surface area contributed by atoms with Crippen LogP contribution in [0.3, 0.4) is 0 Å². The molecule has 2 heteroatoms. The topological polar surface area (TPSA) is 0 Å². The molecule has 0 saturated carbocycles. The molecule has 0 aliphatic rings. The molecule has 11 aromatic carbocycles. The largest absolute Gasteiger partial charge is 0.146 e. The minimum Gasteiger partial charge on any atom is -0.125 e. The van der Waals surface area contributed by atoms with Crippen molar-refractivity contribution in [2.75, 3.05) is 0 Å². The lowest BCUT2D eigenvalue weighted by molar-refractivity contribution is 0.838. The molecule has 382 valence electrons. The fraction of sp³-hybridized carbons (Fsp3) is 0.237. The van der Waals surface area contributed by atoms with E-state index in [1.54, 1.807) is 0 Å². The fourth-order valence-electron chi connectivity index (χ4n) is 13.8. The lowest BCUT2D eigenvalue weighted by Gasteiger charge is -2.38. The molecule has 11 rings (SSSR count). The van der Waals surface area contributed by atoms with Crippen molar-refractivity contribution in [2.24, 2.45) is 0 Å². The molecular weight excluding hydrogens is 969 g/mol. The molecule has 0 radical (unpaired) electrons. The van der Waals surface area contributed by atoms with E-state index in [1.165, 1.54) is 43.1 Å². The van der Waals surface area contributed by atoms with E-state index in [0.717, 1.165) is 76.5 Å².